The summed E-state index contributed by atoms with van der Waals surface area (Å²) in [4.78, 5) is 21.9. The van der Waals surface area contributed by atoms with Crippen molar-refractivity contribution < 1.29 is 9.53 Å². The first-order chi connectivity index (χ1) is 14.5. The third-order valence-corrected chi connectivity index (χ3v) is 4.89. The Morgan fingerprint density at radius 1 is 0.967 bits per heavy atom. The van der Waals surface area contributed by atoms with Gasteiger partial charge in [-0.15, -0.1) is 0 Å². The van der Waals surface area contributed by atoms with E-state index in [1.807, 2.05) is 75.4 Å². The SMILES string of the molecule is Cc1c(C(=O)Nc2ccccc2OC(C)C)cncc1-c1cccc2ncccc12. The molecule has 0 radical (unpaired) electrons. The van der Waals surface area contributed by atoms with Gasteiger partial charge < -0.3 is 10.1 Å². The Labute approximate surface area is 175 Å². The number of amides is 1. The van der Waals surface area contributed by atoms with Crippen molar-refractivity contribution in [2.24, 2.45) is 0 Å². The monoisotopic (exact) mass is 397 g/mol. The fourth-order valence-corrected chi connectivity index (χ4v) is 3.48. The standard InChI is InChI=1S/C25H23N3O2/c1-16(2)30-24-12-5-4-10-23(24)28-25(29)21-15-26-14-20(17(21)3)18-8-6-11-22-19(18)9-7-13-27-22/h4-16H,1-3H3,(H,28,29). The molecule has 0 atom stereocenters. The average molecular weight is 397 g/mol. The second-order valence-electron chi connectivity index (χ2n) is 7.35. The maximum atomic E-state index is 13.1. The van der Waals surface area contributed by atoms with E-state index in [0.717, 1.165) is 27.6 Å². The summed E-state index contributed by atoms with van der Waals surface area (Å²) in [5.74, 6) is 0.419. The van der Waals surface area contributed by atoms with Crippen LogP contribution in [0.15, 0.2) is 73.2 Å². The number of para-hydroxylation sites is 2. The Kier molecular flexibility index (Phi) is 5.44. The van der Waals surface area contributed by atoms with E-state index in [1.165, 1.54) is 0 Å². The van der Waals surface area contributed by atoms with Crippen LogP contribution in [0.2, 0.25) is 0 Å². The van der Waals surface area contributed by atoms with Crippen molar-refractivity contribution in [1.82, 2.24) is 9.97 Å². The zero-order chi connectivity index (χ0) is 21.1. The number of benzene rings is 2. The molecule has 5 nitrogen and oxygen atoms in total. The molecule has 2 aromatic heterocycles. The molecule has 4 aromatic rings. The molecule has 0 unspecified atom stereocenters. The smallest absolute Gasteiger partial charge is 0.257 e. The van der Waals surface area contributed by atoms with Crippen LogP contribution in [0.25, 0.3) is 22.0 Å². The van der Waals surface area contributed by atoms with E-state index in [2.05, 4.69) is 15.3 Å². The number of aromatic nitrogens is 2. The molecule has 0 saturated carbocycles. The molecule has 0 aliphatic rings. The summed E-state index contributed by atoms with van der Waals surface area (Å²) in [5.41, 5.74) is 4.84. The van der Waals surface area contributed by atoms with E-state index in [0.29, 0.717) is 17.0 Å². The summed E-state index contributed by atoms with van der Waals surface area (Å²) in [7, 11) is 0. The average Bonchev–Trinajstić information content (AvgIpc) is 2.74. The van der Waals surface area contributed by atoms with Crippen LogP contribution in [0, 0.1) is 6.92 Å². The number of anilines is 1. The van der Waals surface area contributed by atoms with Crippen molar-refractivity contribution in [3.63, 3.8) is 0 Å². The number of ether oxygens (including phenoxy) is 1. The molecule has 2 heterocycles. The van der Waals surface area contributed by atoms with Crippen molar-refractivity contribution in [1.29, 1.82) is 0 Å². The van der Waals surface area contributed by atoms with Gasteiger partial charge in [-0.2, -0.15) is 0 Å². The number of hydrogen-bond donors (Lipinski definition) is 1. The Morgan fingerprint density at radius 3 is 2.63 bits per heavy atom. The summed E-state index contributed by atoms with van der Waals surface area (Å²) >= 11 is 0. The van der Waals surface area contributed by atoms with Crippen LogP contribution >= 0.6 is 0 Å². The molecular weight excluding hydrogens is 374 g/mol. The molecule has 5 heteroatoms. The van der Waals surface area contributed by atoms with Crippen molar-refractivity contribution in [2.75, 3.05) is 5.32 Å². The Hall–Kier alpha value is -3.73. The van der Waals surface area contributed by atoms with Crippen LogP contribution in [0.5, 0.6) is 5.75 Å². The van der Waals surface area contributed by atoms with Crippen LogP contribution in [0.3, 0.4) is 0 Å². The highest BCUT2D eigenvalue weighted by Gasteiger charge is 2.17. The molecule has 30 heavy (non-hydrogen) atoms. The second kappa shape index (κ2) is 8.33. The van der Waals surface area contributed by atoms with Crippen LogP contribution in [-0.4, -0.2) is 22.0 Å². The maximum absolute atomic E-state index is 13.1. The summed E-state index contributed by atoms with van der Waals surface area (Å²) in [6.45, 7) is 5.85. The van der Waals surface area contributed by atoms with E-state index in [9.17, 15) is 4.79 Å². The highest BCUT2D eigenvalue weighted by atomic mass is 16.5. The van der Waals surface area contributed by atoms with Crippen molar-refractivity contribution in [3.05, 3.63) is 84.3 Å². The summed E-state index contributed by atoms with van der Waals surface area (Å²) in [5, 5.41) is 4.00. The maximum Gasteiger partial charge on any atom is 0.257 e. The number of carbonyl (C=O) groups excluding carboxylic acids is 1. The van der Waals surface area contributed by atoms with Gasteiger partial charge in [0.05, 0.1) is 22.9 Å². The normalized spacial score (nSPS) is 10.9. The van der Waals surface area contributed by atoms with E-state index in [1.54, 1.807) is 18.6 Å². The lowest BCUT2D eigenvalue weighted by atomic mass is 9.96. The lowest BCUT2D eigenvalue weighted by Crippen LogP contribution is -2.16. The minimum Gasteiger partial charge on any atom is -0.489 e. The number of pyridine rings is 2. The van der Waals surface area contributed by atoms with Crippen LogP contribution in [0.4, 0.5) is 5.69 Å². The molecule has 0 aliphatic carbocycles. The van der Waals surface area contributed by atoms with Gasteiger partial charge in [0.2, 0.25) is 0 Å². The Morgan fingerprint density at radius 2 is 1.80 bits per heavy atom. The molecule has 0 bridgehead atoms. The summed E-state index contributed by atoms with van der Waals surface area (Å²) in [6, 6.07) is 17.4. The zero-order valence-electron chi connectivity index (χ0n) is 17.2. The molecule has 0 fully saturated rings. The lowest BCUT2D eigenvalue weighted by molar-refractivity contribution is 0.102. The highest BCUT2D eigenvalue weighted by molar-refractivity contribution is 6.07. The molecule has 2 aromatic carbocycles. The summed E-state index contributed by atoms with van der Waals surface area (Å²) < 4.78 is 5.82. The molecule has 0 aliphatic heterocycles. The molecule has 0 saturated heterocycles. The van der Waals surface area contributed by atoms with Gasteiger partial charge in [-0.05, 0) is 56.2 Å². The zero-order valence-corrected chi connectivity index (χ0v) is 17.2. The van der Waals surface area contributed by atoms with Crippen LogP contribution < -0.4 is 10.1 Å². The number of hydrogen-bond acceptors (Lipinski definition) is 4. The lowest BCUT2D eigenvalue weighted by Gasteiger charge is -2.16. The van der Waals surface area contributed by atoms with Gasteiger partial charge in [-0.1, -0.05) is 30.3 Å². The number of rotatable bonds is 5. The minimum absolute atomic E-state index is 0.00903. The Bertz CT molecular complexity index is 1210. The van der Waals surface area contributed by atoms with Crippen molar-refractivity contribution in [2.45, 2.75) is 26.9 Å². The van der Waals surface area contributed by atoms with Gasteiger partial charge in [-0.3, -0.25) is 14.8 Å². The highest BCUT2D eigenvalue weighted by Crippen LogP contribution is 2.31. The van der Waals surface area contributed by atoms with Crippen molar-refractivity contribution in [3.8, 4) is 16.9 Å². The first-order valence-corrected chi connectivity index (χ1v) is 9.90. The molecule has 4 rings (SSSR count). The predicted molar refractivity (Wildman–Crippen MR) is 120 cm³/mol. The van der Waals surface area contributed by atoms with Gasteiger partial charge in [0.1, 0.15) is 5.75 Å². The van der Waals surface area contributed by atoms with Crippen LogP contribution in [-0.2, 0) is 0 Å². The van der Waals surface area contributed by atoms with E-state index < -0.39 is 0 Å². The first-order valence-electron chi connectivity index (χ1n) is 9.90. The van der Waals surface area contributed by atoms with E-state index >= 15 is 0 Å². The minimum atomic E-state index is -0.222. The molecule has 1 amide bonds. The molecular formula is C25H23N3O2. The van der Waals surface area contributed by atoms with Crippen LogP contribution in [0.1, 0.15) is 29.8 Å². The second-order valence-corrected chi connectivity index (χ2v) is 7.35. The number of nitrogens with one attached hydrogen (secondary N) is 1. The third kappa shape index (κ3) is 3.87. The van der Waals surface area contributed by atoms with E-state index in [-0.39, 0.29) is 12.0 Å². The molecule has 1 N–H and O–H groups in total. The fraction of sp³-hybridized carbons (Fsp3) is 0.160. The first kappa shape index (κ1) is 19.6. The summed E-state index contributed by atoms with van der Waals surface area (Å²) in [6.07, 6.45) is 5.18. The van der Waals surface area contributed by atoms with Gasteiger partial charge in [0, 0.05) is 29.5 Å². The largest absolute Gasteiger partial charge is 0.489 e. The van der Waals surface area contributed by atoms with Gasteiger partial charge >= 0.3 is 0 Å². The number of fused-ring (bicyclic) bond motifs is 1. The number of carbonyl (C=O) groups is 1. The van der Waals surface area contributed by atoms with Crippen molar-refractivity contribution >= 4 is 22.5 Å². The van der Waals surface area contributed by atoms with Gasteiger partial charge in [-0.25, -0.2) is 0 Å². The fourth-order valence-electron chi connectivity index (χ4n) is 3.48. The number of nitrogens with zero attached hydrogens (tertiary/aromatic N) is 2. The third-order valence-electron chi connectivity index (χ3n) is 4.89. The quantitative estimate of drug-likeness (QED) is 0.473. The predicted octanol–water partition coefficient (Wildman–Crippen LogP) is 5.64. The Balaban J connectivity index is 1.71. The molecule has 150 valence electrons. The molecule has 0 spiro atoms. The van der Waals surface area contributed by atoms with Gasteiger partial charge in [0.15, 0.2) is 0 Å². The van der Waals surface area contributed by atoms with Gasteiger partial charge in [0.25, 0.3) is 5.91 Å². The topological polar surface area (TPSA) is 64.1 Å². The van der Waals surface area contributed by atoms with E-state index in [4.69, 9.17) is 4.74 Å².